The summed E-state index contributed by atoms with van der Waals surface area (Å²) in [5.74, 6) is 0.0966. The molecule has 1 aromatic carbocycles. The van der Waals surface area contributed by atoms with Gasteiger partial charge in [-0.15, -0.1) is 0 Å². The van der Waals surface area contributed by atoms with Crippen molar-refractivity contribution in [2.24, 2.45) is 5.92 Å². The number of ether oxygens (including phenoxy) is 1. The second kappa shape index (κ2) is 7.78. The second-order valence-corrected chi connectivity index (χ2v) is 7.31. The molecule has 1 saturated carbocycles. The van der Waals surface area contributed by atoms with Crippen LogP contribution in [-0.4, -0.2) is 23.3 Å². The van der Waals surface area contributed by atoms with E-state index in [0.29, 0.717) is 5.92 Å². The topological polar surface area (TPSA) is 46.5 Å². The van der Waals surface area contributed by atoms with Crippen molar-refractivity contribution in [1.29, 1.82) is 0 Å². The van der Waals surface area contributed by atoms with E-state index in [1.807, 2.05) is 51.1 Å². The van der Waals surface area contributed by atoms with Gasteiger partial charge in [-0.3, -0.25) is 4.79 Å². The lowest BCUT2D eigenvalue weighted by molar-refractivity contribution is -0.158. The van der Waals surface area contributed by atoms with Gasteiger partial charge in [0.05, 0.1) is 12.5 Å². The first-order chi connectivity index (χ1) is 10.9. The molecule has 1 aliphatic carbocycles. The lowest BCUT2D eigenvalue weighted by atomic mass is 9.84. The van der Waals surface area contributed by atoms with Crippen molar-refractivity contribution >= 4 is 12.0 Å². The van der Waals surface area contributed by atoms with Crippen LogP contribution in [0.1, 0.15) is 63.5 Å². The number of aliphatic hydroxyl groups is 1. The van der Waals surface area contributed by atoms with E-state index < -0.39 is 5.60 Å². The van der Waals surface area contributed by atoms with Crippen molar-refractivity contribution in [2.75, 3.05) is 6.61 Å². The molecule has 2 rings (SSSR count). The quantitative estimate of drug-likeness (QED) is 0.824. The fourth-order valence-corrected chi connectivity index (χ4v) is 3.26. The lowest BCUT2D eigenvalue weighted by Gasteiger charge is -2.27. The molecule has 0 aliphatic heterocycles. The highest BCUT2D eigenvalue weighted by molar-refractivity contribution is 5.79. The molecule has 3 nitrogen and oxygen atoms in total. The first-order valence-electron chi connectivity index (χ1n) is 8.51. The van der Waals surface area contributed by atoms with Crippen LogP contribution < -0.4 is 0 Å². The van der Waals surface area contributed by atoms with E-state index in [2.05, 4.69) is 0 Å². The number of benzene rings is 1. The van der Waals surface area contributed by atoms with E-state index in [9.17, 15) is 4.79 Å². The smallest absolute Gasteiger partial charge is 0.314 e. The molecular weight excluding hydrogens is 288 g/mol. The normalized spacial score (nSPS) is 17.6. The van der Waals surface area contributed by atoms with Crippen LogP contribution >= 0.6 is 0 Å². The number of hydrogen-bond donors (Lipinski definition) is 1. The maximum Gasteiger partial charge on any atom is 0.314 e. The minimum Gasteiger partial charge on any atom is -0.459 e. The number of aliphatic hydroxyl groups excluding tert-OH is 1. The molecule has 1 aromatic rings. The fourth-order valence-electron chi connectivity index (χ4n) is 3.26. The molecule has 0 amide bonds. The largest absolute Gasteiger partial charge is 0.459 e. The second-order valence-electron chi connectivity index (χ2n) is 7.31. The van der Waals surface area contributed by atoms with Gasteiger partial charge in [-0.05, 0) is 50.7 Å². The number of esters is 1. The zero-order valence-electron chi connectivity index (χ0n) is 14.4. The van der Waals surface area contributed by atoms with Gasteiger partial charge >= 0.3 is 5.97 Å². The molecule has 3 heteroatoms. The fraction of sp³-hybridized carbons (Fsp3) is 0.550. The van der Waals surface area contributed by atoms with Crippen LogP contribution in [0.5, 0.6) is 0 Å². The molecule has 0 saturated heterocycles. The van der Waals surface area contributed by atoms with Gasteiger partial charge in [0, 0.05) is 0 Å². The van der Waals surface area contributed by atoms with Gasteiger partial charge in [0.2, 0.25) is 0 Å². The maximum atomic E-state index is 12.7. The van der Waals surface area contributed by atoms with E-state index >= 15 is 0 Å². The minimum atomic E-state index is -0.461. The number of hydrogen-bond acceptors (Lipinski definition) is 3. The lowest BCUT2D eigenvalue weighted by Crippen LogP contribution is -2.30. The highest BCUT2D eigenvalue weighted by Crippen LogP contribution is 2.39. The van der Waals surface area contributed by atoms with Crippen molar-refractivity contribution in [3.05, 3.63) is 41.5 Å². The van der Waals surface area contributed by atoms with Crippen LogP contribution in [-0.2, 0) is 9.53 Å². The van der Waals surface area contributed by atoms with Gasteiger partial charge in [-0.2, -0.15) is 0 Å². The molecule has 1 fully saturated rings. The van der Waals surface area contributed by atoms with Crippen molar-refractivity contribution < 1.29 is 14.6 Å². The van der Waals surface area contributed by atoms with Gasteiger partial charge in [-0.25, -0.2) is 0 Å². The molecule has 1 unspecified atom stereocenters. The van der Waals surface area contributed by atoms with Crippen LogP contribution in [0.3, 0.4) is 0 Å². The average Bonchev–Trinajstić information content (AvgIpc) is 2.98. The van der Waals surface area contributed by atoms with Gasteiger partial charge in [0.15, 0.2) is 0 Å². The number of carbonyl (C=O) groups is 1. The first-order valence-corrected chi connectivity index (χ1v) is 8.51. The predicted octanol–water partition coefficient (Wildman–Crippen LogP) is 4.31. The zero-order chi connectivity index (χ0) is 16.9. The van der Waals surface area contributed by atoms with Crippen LogP contribution in [0.25, 0.3) is 6.08 Å². The Bertz CT molecular complexity index is 531. The summed E-state index contributed by atoms with van der Waals surface area (Å²) in [5.41, 5.74) is 1.60. The number of carbonyl (C=O) groups excluding carboxylic acids is 1. The Labute approximate surface area is 139 Å². The van der Waals surface area contributed by atoms with Crippen molar-refractivity contribution in [3.63, 3.8) is 0 Å². The van der Waals surface area contributed by atoms with Crippen LogP contribution in [0.15, 0.2) is 30.3 Å². The third kappa shape index (κ3) is 5.21. The molecular formula is C20H28O3. The van der Waals surface area contributed by atoms with Crippen LogP contribution in [0, 0.1) is 5.92 Å². The first kappa shape index (κ1) is 17.7. The van der Waals surface area contributed by atoms with E-state index in [0.717, 1.165) is 24.0 Å². The number of rotatable bonds is 5. The Balaban J connectivity index is 2.22. The summed E-state index contributed by atoms with van der Waals surface area (Å²) in [5, 5.41) is 8.85. The summed E-state index contributed by atoms with van der Waals surface area (Å²) in [6.07, 6.45) is 8.16. The molecule has 126 valence electrons. The van der Waals surface area contributed by atoms with Crippen LogP contribution in [0.2, 0.25) is 0 Å². The standard InChI is InChI=1S/C20H28O3/c1-20(2,3)23-19(22)18(16-8-4-5-9-16)17-12-10-15(11-13-17)7-6-14-21/h6-7,10-13,16,18,21H,4-5,8-9,14H2,1-3H3/b7-6+. The maximum absolute atomic E-state index is 12.7. The highest BCUT2D eigenvalue weighted by atomic mass is 16.6. The average molecular weight is 316 g/mol. The molecule has 0 heterocycles. The third-order valence-electron chi connectivity index (χ3n) is 4.24. The minimum absolute atomic E-state index is 0.0321. The van der Waals surface area contributed by atoms with Gasteiger partial charge in [0.25, 0.3) is 0 Å². The van der Waals surface area contributed by atoms with E-state index in [-0.39, 0.29) is 18.5 Å². The molecule has 1 N–H and O–H groups in total. The molecule has 23 heavy (non-hydrogen) atoms. The SMILES string of the molecule is CC(C)(C)OC(=O)C(c1ccc(/C=C/CO)cc1)C1CCCC1. The van der Waals surface area contributed by atoms with E-state index in [1.54, 1.807) is 6.08 Å². The summed E-state index contributed by atoms with van der Waals surface area (Å²) in [6.45, 7) is 5.78. The summed E-state index contributed by atoms with van der Waals surface area (Å²) in [6, 6.07) is 8.02. The summed E-state index contributed by atoms with van der Waals surface area (Å²) in [7, 11) is 0. The summed E-state index contributed by atoms with van der Waals surface area (Å²) in [4.78, 5) is 12.7. The molecule has 1 atom stereocenters. The summed E-state index contributed by atoms with van der Waals surface area (Å²) < 4.78 is 5.68. The van der Waals surface area contributed by atoms with Crippen molar-refractivity contribution in [2.45, 2.75) is 58.0 Å². The Kier molecular flexibility index (Phi) is 6.00. The molecule has 0 aromatic heterocycles. The monoisotopic (exact) mass is 316 g/mol. The van der Waals surface area contributed by atoms with Gasteiger partial charge in [0.1, 0.15) is 5.60 Å². The van der Waals surface area contributed by atoms with Crippen molar-refractivity contribution in [1.82, 2.24) is 0 Å². The molecule has 0 bridgehead atoms. The van der Waals surface area contributed by atoms with E-state index in [4.69, 9.17) is 9.84 Å². The van der Waals surface area contributed by atoms with E-state index in [1.165, 1.54) is 12.8 Å². The Morgan fingerprint density at radius 1 is 1.26 bits per heavy atom. The van der Waals surface area contributed by atoms with Gasteiger partial charge < -0.3 is 9.84 Å². The zero-order valence-corrected chi connectivity index (χ0v) is 14.4. The molecule has 1 aliphatic rings. The van der Waals surface area contributed by atoms with Crippen molar-refractivity contribution in [3.8, 4) is 0 Å². The molecule has 0 spiro atoms. The Morgan fingerprint density at radius 2 is 1.87 bits per heavy atom. The summed E-state index contributed by atoms with van der Waals surface area (Å²) >= 11 is 0. The highest BCUT2D eigenvalue weighted by Gasteiger charge is 2.34. The third-order valence-corrected chi connectivity index (χ3v) is 4.24. The molecule has 0 radical (unpaired) electrons. The van der Waals surface area contributed by atoms with Crippen LogP contribution in [0.4, 0.5) is 0 Å². The van der Waals surface area contributed by atoms with Gasteiger partial charge in [-0.1, -0.05) is 49.3 Å². The predicted molar refractivity (Wildman–Crippen MR) is 93.1 cm³/mol. The Morgan fingerprint density at radius 3 is 2.39 bits per heavy atom. The Hall–Kier alpha value is -1.61.